The third-order valence-corrected chi connectivity index (χ3v) is 5.28. The summed E-state index contributed by atoms with van der Waals surface area (Å²) >= 11 is 7.40. The average Bonchev–Trinajstić information content (AvgIpc) is 2.93. The van der Waals surface area contributed by atoms with E-state index < -0.39 is 8.03 Å². The van der Waals surface area contributed by atoms with E-state index in [1.165, 1.54) is 11.8 Å². The Morgan fingerprint density at radius 1 is 1.25 bits per heavy atom. The van der Waals surface area contributed by atoms with Gasteiger partial charge in [-0.3, -0.25) is 0 Å². The Balaban J connectivity index is 1.93. The number of imidazole rings is 1. The maximum absolute atomic E-state index is 10.8. The fourth-order valence-electron chi connectivity index (χ4n) is 2.00. The van der Waals surface area contributed by atoms with Crippen LogP contribution in [0.5, 0.6) is 5.75 Å². The van der Waals surface area contributed by atoms with Gasteiger partial charge in [0.1, 0.15) is 5.75 Å². The molecule has 8 heteroatoms. The molecule has 0 fully saturated rings. The molecule has 0 saturated heterocycles. The number of nitrogens with one attached hydrogen (secondary N) is 1. The largest absolute Gasteiger partial charge is 0.516 e. The van der Waals surface area contributed by atoms with Crippen molar-refractivity contribution < 1.29 is 14.6 Å². The maximum Gasteiger partial charge on any atom is 0.516 e. The molecule has 0 aliphatic heterocycles. The summed E-state index contributed by atoms with van der Waals surface area (Å²) in [5, 5.41) is 10.7. The lowest BCUT2D eigenvalue weighted by Gasteiger charge is -1.97. The van der Waals surface area contributed by atoms with Gasteiger partial charge in [-0.05, 0) is 40.6 Å². The molecule has 3 N–H and O–H groups in total. The molecule has 0 bridgehead atoms. The topological polar surface area (TPSA) is 86.2 Å². The molecule has 1 heterocycles. The lowest BCUT2D eigenvalue weighted by atomic mass is 10.1. The summed E-state index contributed by atoms with van der Waals surface area (Å²) in [7, 11) is -2.22. The second-order valence-corrected chi connectivity index (χ2v) is 7.60. The van der Waals surface area contributed by atoms with Gasteiger partial charge in [0, 0.05) is 5.56 Å². The van der Waals surface area contributed by atoms with Crippen molar-refractivity contribution in [1.29, 1.82) is 0 Å². The first-order chi connectivity index (χ1) is 11.5. The summed E-state index contributed by atoms with van der Waals surface area (Å²) in [6.07, 6.45) is 0. The van der Waals surface area contributed by atoms with Crippen LogP contribution >= 0.6 is 31.4 Å². The molecule has 1 aromatic heterocycles. The number of para-hydroxylation sites is 1. The van der Waals surface area contributed by atoms with Crippen molar-refractivity contribution >= 4 is 42.4 Å². The number of thioether (sulfide) groups is 1. The number of phenolic OH excluding ortho intramolecular Hbond substituents is 1. The van der Waals surface area contributed by atoms with Crippen LogP contribution in [0.2, 0.25) is 5.02 Å². The van der Waals surface area contributed by atoms with Crippen LogP contribution in [0.15, 0.2) is 41.6 Å². The van der Waals surface area contributed by atoms with Crippen LogP contribution < -0.4 is 0 Å². The number of benzene rings is 2. The number of aromatic hydroxyl groups is 1. The molecule has 0 amide bonds. The summed E-state index contributed by atoms with van der Waals surface area (Å²) < 4.78 is 10.8. The highest BCUT2D eigenvalue weighted by atomic mass is 35.5. The number of hydrogen-bond acceptors (Lipinski definition) is 4. The van der Waals surface area contributed by atoms with Gasteiger partial charge >= 0.3 is 8.03 Å². The second-order valence-electron chi connectivity index (χ2n) is 4.78. The average molecular weight is 378 g/mol. The van der Waals surface area contributed by atoms with Crippen LogP contribution in [0.4, 0.5) is 0 Å². The first kappa shape index (κ1) is 16.8. The fraction of sp³-hybridized carbons (Fsp3) is 0.0625. The molecule has 3 aromatic rings. The van der Waals surface area contributed by atoms with Gasteiger partial charge in [-0.25, -0.2) is 4.98 Å². The van der Waals surface area contributed by atoms with E-state index in [4.69, 9.17) is 16.5 Å². The van der Waals surface area contributed by atoms with Crippen LogP contribution in [0.3, 0.4) is 0 Å². The molecule has 0 aliphatic carbocycles. The highest BCUT2D eigenvalue weighted by Crippen LogP contribution is 2.29. The van der Waals surface area contributed by atoms with E-state index >= 15 is 0 Å². The SMILES string of the molecule is O=[P+](O)CSc1nc2cc(Cl)c(C#Cc3ccccc3O)cc2[nH]1. The van der Waals surface area contributed by atoms with E-state index in [1.807, 2.05) is 0 Å². The number of nitrogens with zero attached hydrogens (tertiary/aromatic N) is 1. The summed E-state index contributed by atoms with van der Waals surface area (Å²) in [6.45, 7) is 0. The normalized spacial score (nSPS) is 11.2. The van der Waals surface area contributed by atoms with E-state index in [2.05, 4.69) is 21.8 Å². The molecule has 120 valence electrons. The van der Waals surface area contributed by atoms with Crippen molar-refractivity contribution in [3.8, 4) is 17.6 Å². The van der Waals surface area contributed by atoms with E-state index in [9.17, 15) is 9.67 Å². The van der Waals surface area contributed by atoms with E-state index in [1.54, 1.807) is 36.4 Å². The Bertz CT molecular complexity index is 994. The van der Waals surface area contributed by atoms with Gasteiger partial charge in [0.15, 0.2) is 5.16 Å². The highest BCUT2D eigenvalue weighted by Gasteiger charge is 2.14. The third-order valence-electron chi connectivity index (χ3n) is 3.10. The van der Waals surface area contributed by atoms with Gasteiger partial charge in [0.05, 0.1) is 21.6 Å². The van der Waals surface area contributed by atoms with E-state index in [-0.39, 0.29) is 11.2 Å². The predicted molar refractivity (Wildman–Crippen MR) is 95.7 cm³/mol. The zero-order valence-corrected chi connectivity index (χ0v) is 14.6. The number of rotatable bonds is 3. The molecule has 1 atom stereocenters. The smallest absolute Gasteiger partial charge is 0.507 e. The second kappa shape index (κ2) is 7.25. The zero-order valence-electron chi connectivity index (χ0n) is 12.2. The Morgan fingerprint density at radius 2 is 2.00 bits per heavy atom. The molecule has 2 aromatic carbocycles. The van der Waals surface area contributed by atoms with Gasteiger partial charge in [-0.2, -0.15) is 4.89 Å². The minimum absolute atomic E-state index is 0.0723. The van der Waals surface area contributed by atoms with Crippen molar-refractivity contribution in [2.45, 2.75) is 5.16 Å². The number of H-pyrrole nitrogens is 1. The molecular formula is C16H11ClN2O3PS+. The molecule has 24 heavy (non-hydrogen) atoms. The molecule has 0 radical (unpaired) electrons. The van der Waals surface area contributed by atoms with Gasteiger partial charge in [-0.15, -0.1) is 0 Å². The quantitative estimate of drug-likeness (QED) is 0.363. The summed E-state index contributed by atoms with van der Waals surface area (Å²) in [6, 6.07) is 10.3. The Kier molecular flexibility index (Phi) is 5.08. The van der Waals surface area contributed by atoms with E-state index in [0.29, 0.717) is 26.8 Å². The standard InChI is InChI=1S/C16H10ClN2O3PS/c17-12-8-14-13(18-16(19-14)24-9-23(21)22)7-11(12)6-5-10-3-1-2-4-15(10)20/h1-4,7-8H,9H2,(H2-,18,19,20,21,22)/p+1. The highest BCUT2D eigenvalue weighted by molar-refractivity contribution is 8.03. The summed E-state index contributed by atoms with van der Waals surface area (Å²) in [4.78, 5) is 16.2. The van der Waals surface area contributed by atoms with Gasteiger partial charge < -0.3 is 10.1 Å². The Labute approximate surface area is 147 Å². The van der Waals surface area contributed by atoms with Crippen LogP contribution in [0, 0.1) is 11.8 Å². The van der Waals surface area contributed by atoms with Crippen molar-refractivity contribution in [3.63, 3.8) is 0 Å². The number of phenols is 1. The first-order valence-corrected chi connectivity index (χ1v) is 9.54. The first-order valence-electron chi connectivity index (χ1n) is 6.78. The molecule has 0 spiro atoms. The minimum Gasteiger partial charge on any atom is -0.507 e. The third kappa shape index (κ3) is 3.89. The van der Waals surface area contributed by atoms with Crippen LogP contribution in [0.25, 0.3) is 11.0 Å². The summed E-state index contributed by atoms with van der Waals surface area (Å²) in [5.41, 5.74) is 2.57. The predicted octanol–water partition coefficient (Wildman–Crippen LogP) is 4.11. The Hall–Kier alpha value is -2.03. The van der Waals surface area contributed by atoms with Crippen LogP contribution in [0.1, 0.15) is 11.1 Å². The lowest BCUT2D eigenvalue weighted by Crippen LogP contribution is -1.80. The number of hydrogen-bond donors (Lipinski definition) is 3. The van der Waals surface area contributed by atoms with Crippen LogP contribution in [-0.2, 0) is 4.57 Å². The number of aromatic amines is 1. The van der Waals surface area contributed by atoms with Crippen molar-refractivity contribution in [2.24, 2.45) is 0 Å². The number of fused-ring (bicyclic) bond motifs is 1. The molecule has 0 saturated carbocycles. The maximum atomic E-state index is 10.8. The van der Waals surface area contributed by atoms with Crippen molar-refractivity contribution in [2.75, 3.05) is 5.49 Å². The minimum atomic E-state index is -2.22. The molecule has 3 rings (SSSR count). The monoisotopic (exact) mass is 377 g/mol. The number of aromatic nitrogens is 2. The molecule has 1 unspecified atom stereocenters. The van der Waals surface area contributed by atoms with Gasteiger partial charge in [-0.1, -0.05) is 35.6 Å². The van der Waals surface area contributed by atoms with Crippen molar-refractivity contribution in [3.05, 3.63) is 52.5 Å². The van der Waals surface area contributed by atoms with E-state index in [0.717, 1.165) is 5.52 Å². The Morgan fingerprint density at radius 3 is 2.75 bits per heavy atom. The summed E-state index contributed by atoms with van der Waals surface area (Å²) in [5.74, 6) is 5.94. The van der Waals surface area contributed by atoms with Gasteiger partial charge in [0.2, 0.25) is 5.49 Å². The fourth-order valence-corrected chi connectivity index (χ4v) is 3.48. The molecule has 0 aliphatic rings. The van der Waals surface area contributed by atoms with Crippen LogP contribution in [-0.4, -0.2) is 25.5 Å². The lowest BCUT2D eigenvalue weighted by molar-refractivity contribution is 0.473. The zero-order chi connectivity index (χ0) is 17.1. The van der Waals surface area contributed by atoms with Crippen molar-refractivity contribution in [1.82, 2.24) is 9.97 Å². The number of halogens is 1. The van der Waals surface area contributed by atoms with Gasteiger partial charge in [0.25, 0.3) is 0 Å². The molecular weight excluding hydrogens is 367 g/mol. The molecule has 5 nitrogen and oxygen atoms in total.